The molecule has 1 aliphatic heterocycles. The van der Waals surface area contributed by atoms with Crippen molar-refractivity contribution in [1.82, 2.24) is 4.90 Å². The van der Waals surface area contributed by atoms with E-state index in [0.29, 0.717) is 12.5 Å². The van der Waals surface area contributed by atoms with Gasteiger partial charge < -0.3 is 5.73 Å². The second-order valence-electron chi connectivity index (χ2n) is 5.08. The summed E-state index contributed by atoms with van der Waals surface area (Å²) in [7, 11) is 0. The maximum atomic E-state index is 12.0. The molecule has 1 heterocycles. The van der Waals surface area contributed by atoms with E-state index in [1.54, 1.807) is 0 Å². The van der Waals surface area contributed by atoms with Gasteiger partial charge in [-0.2, -0.15) is 0 Å². The summed E-state index contributed by atoms with van der Waals surface area (Å²) in [6, 6.07) is 9.68. The standard InChI is InChI=1S/C14H20N2O/c1-11-7-13(15)9-16(8-11)10-14(17)12-5-3-2-4-6-12/h2-6,11,13H,7-10,15H2,1H3/t11-,13-/m0/s1. The molecule has 1 saturated heterocycles. The van der Waals surface area contributed by atoms with Crippen molar-refractivity contribution in [3.63, 3.8) is 0 Å². The maximum absolute atomic E-state index is 12.0. The largest absolute Gasteiger partial charge is 0.327 e. The summed E-state index contributed by atoms with van der Waals surface area (Å²) < 4.78 is 0. The van der Waals surface area contributed by atoms with E-state index in [2.05, 4.69) is 11.8 Å². The second-order valence-corrected chi connectivity index (χ2v) is 5.08. The molecule has 0 saturated carbocycles. The zero-order valence-corrected chi connectivity index (χ0v) is 10.3. The molecule has 1 aromatic carbocycles. The molecule has 2 rings (SSSR count). The summed E-state index contributed by atoms with van der Waals surface area (Å²) in [6.45, 7) is 4.50. The van der Waals surface area contributed by atoms with Crippen LogP contribution >= 0.6 is 0 Å². The van der Waals surface area contributed by atoms with Crippen LogP contribution in [0.3, 0.4) is 0 Å². The Balaban J connectivity index is 1.95. The molecule has 0 bridgehead atoms. The lowest BCUT2D eigenvalue weighted by molar-refractivity contribution is 0.0879. The Morgan fingerprint density at radius 1 is 1.35 bits per heavy atom. The van der Waals surface area contributed by atoms with E-state index in [-0.39, 0.29) is 11.8 Å². The molecular formula is C14H20N2O. The highest BCUT2D eigenvalue weighted by atomic mass is 16.1. The minimum absolute atomic E-state index is 0.187. The van der Waals surface area contributed by atoms with Crippen molar-refractivity contribution in [3.8, 4) is 0 Å². The molecule has 0 unspecified atom stereocenters. The Kier molecular flexibility index (Phi) is 3.92. The summed E-state index contributed by atoms with van der Waals surface area (Å²) in [4.78, 5) is 14.2. The van der Waals surface area contributed by atoms with Crippen molar-refractivity contribution in [3.05, 3.63) is 35.9 Å². The summed E-state index contributed by atoms with van der Waals surface area (Å²) >= 11 is 0. The SMILES string of the molecule is C[C@H]1C[C@H](N)CN(CC(=O)c2ccccc2)C1. The fourth-order valence-corrected chi connectivity index (χ4v) is 2.56. The Labute approximate surface area is 103 Å². The third kappa shape index (κ3) is 3.38. The number of ketones is 1. The van der Waals surface area contributed by atoms with E-state index in [1.807, 2.05) is 30.3 Å². The number of hydrogen-bond donors (Lipinski definition) is 1. The summed E-state index contributed by atoms with van der Waals surface area (Å²) in [6.07, 6.45) is 1.07. The number of hydrogen-bond acceptors (Lipinski definition) is 3. The van der Waals surface area contributed by atoms with E-state index < -0.39 is 0 Å². The lowest BCUT2D eigenvalue weighted by Crippen LogP contribution is -2.47. The normalized spacial score (nSPS) is 25.8. The minimum atomic E-state index is 0.187. The van der Waals surface area contributed by atoms with Crippen LogP contribution in [0, 0.1) is 5.92 Å². The van der Waals surface area contributed by atoms with Crippen LogP contribution in [-0.4, -0.2) is 36.4 Å². The molecule has 1 aromatic rings. The first-order valence-corrected chi connectivity index (χ1v) is 6.21. The van der Waals surface area contributed by atoms with Crippen molar-refractivity contribution < 1.29 is 4.79 Å². The average molecular weight is 232 g/mol. The van der Waals surface area contributed by atoms with Crippen LogP contribution in [0.4, 0.5) is 0 Å². The molecule has 0 amide bonds. The number of benzene rings is 1. The van der Waals surface area contributed by atoms with Crippen molar-refractivity contribution in [2.24, 2.45) is 11.7 Å². The number of carbonyl (C=O) groups is 1. The van der Waals surface area contributed by atoms with E-state index in [9.17, 15) is 4.79 Å². The zero-order chi connectivity index (χ0) is 12.3. The number of nitrogens with zero attached hydrogens (tertiary/aromatic N) is 1. The molecular weight excluding hydrogens is 212 g/mol. The number of carbonyl (C=O) groups excluding carboxylic acids is 1. The lowest BCUT2D eigenvalue weighted by atomic mass is 9.96. The highest BCUT2D eigenvalue weighted by molar-refractivity contribution is 5.97. The molecule has 3 heteroatoms. The predicted molar refractivity (Wildman–Crippen MR) is 69.0 cm³/mol. The van der Waals surface area contributed by atoms with Gasteiger partial charge in [0.1, 0.15) is 0 Å². The highest BCUT2D eigenvalue weighted by Crippen LogP contribution is 2.15. The summed E-state index contributed by atoms with van der Waals surface area (Å²) in [5, 5.41) is 0. The van der Waals surface area contributed by atoms with Crippen molar-refractivity contribution in [2.45, 2.75) is 19.4 Å². The Morgan fingerprint density at radius 2 is 2.06 bits per heavy atom. The van der Waals surface area contributed by atoms with Crippen LogP contribution in [0.1, 0.15) is 23.7 Å². The molecule has 1 aliphatic rings. The summed E-state index contributed by atoms with van der Waals surface area (Å²) in [5.74, 6) is 0.772. The van der Waals surface area contributed by atoms with Crippen LogP contribution in [0.2, 0.25) is 0 Å². The fourth-order valence-electron chi connectivity index (χ4n) is 2.56. The molecule has 1 fully saturated rings. The van der Waals surface area contributed by atoms with Gasteiger partial charge >= 0.3 is 0 Å². The van der Waals surface area contributed by atoms with Gasteiger partial charge in [0.25, 0.3) is 0 Å². The molecule has 0 aromatic heterocycles. The fraction of sp³-hybridized carbons (Fsp3) is 0.500. The monoisotopic (exact) mass is 232 g/mol. The minimum Gasteiger partial charge on any atom is -0.327 e. The van der Waals surface area contributed by atoms with Crippen LogP contribution in [0.15, 0.2) is 30.3 Å². The Bertz CT molecular complexity index is 367. The molecule has 17 heavy (non-hydrogen) atoms. The van der Waals surface area contributed by atoms with Crippen LogP contribution < -0.4 is 5.73 Å². The molecule has 2 N–H and O–H groups in total. The van der Waals surface area contributed by atoms with Gasteiger partial charge in [-0.3, -0.25) is 9.69 Å². The Hall–Kier alpha value is -1.19. The van der Waals surface area contributed by atoms with Gasteiger partial charge in [0, 0.05) is 24.7 Å². The van der Waals surface area contributed by atoms with Crippen LogP contribution in [-0.2, 0) is 0 Å². The van der Waals surface area contributed by atoms with Crippen molar-refractivity contribution >= 4 is 5.78 Å². The molecule has 0 aliphatic carbocycles. The molecule has 0 spiro atoms. The van der Waals surface area contributed by atoms with E-state index >= 15 is 0 Å². The van der Waals surface area contributed by atoms with Crippen LogP contribution in [0.25, 0.3) is 0 Å². The smallest absolute Gasteiger partial charge is 0.176 e. The molecule has 2 atom stereocenters. The first-order valence-electron chi connectivity index (χ1n) is 6.21. The number of likely N-dealkylation sites (tertiary alicyclic amines) is 1. The topological polar surface area (TPSA) is 46.3 Å². The first-order chi connectivity index (χ1) is 8.15. The quantitative estimate of drug-likeness (QED) is 0.804. The van der Waals surface area contributed by atoms with Crippen molar-refractivity contribution in [1.29, 1.82) is 0 Å². The number of Topliss-reactive ketones (excluding diaryl/α,β-unsaturated/α-hetero) is 1. The predicted octanol–water partition coefficient (Wildman–Crippen LogP) is 1.54. The zero-order valence-electron chi connectivity index (χ0n) is 10.3. The molecule has 0 radical (unpaired) electrons. The second kappa shape index (κ2) is 5.43. The Morgan fingerprint density at radius 3 is 2.71 bits per heavy atom. The van der Waals surface area contributed by atoms with Gasteiger partial charge in [-0.15, -0.1) is 0 Å². The van der Waals surface area contributed by atoms with Gasteiger partial charge in [0.15, 0.2) is 5.78 Å². The van der Waals surface area contributed by atoms with Gasteiger partial charge in [-0.25, -0.2) is 0 Å². The van der Waals surface area contributed by atoms with Gasteiger partial charge in [0.2, 0.25) is 0 Å². The lowest BCUT2D eigenvalue weighted by Gasteiger charge is -2.34. The molecule has 3 nitrogen and oxygen atoms in total. The van der Waals surface area contributed by atoms with Gasteiger partial charge in [0.05, 0.1) is 6.54 Å². The maximum Gasteiger partial charge on any atom is 0.176 e. The van der Waals surface area contributed by atoms with Crippen LogP contribution in [0.5, 0.6) is 0 Å². The van der Waals surface area contributed by atoms with Crippen molar-refractivity contribution in [2.75, 3.05) is 19.6 Å². The average Bonchev–Trinajstić information content (AvgIpc) is 2.28. The van der Waals surface area contributed by atoms with E-state index in [4.69, 9.17) is 5.73 Å². The number of nitrogens with two attached hydrogens (primary N) is 1. The first kappa shape index (κ1) is 12.3. The van der Waals surface area contributed by atoms with E-state index in [1.165, 1.54) is 0 Å². The third-order valence-electron chi connectivity index (χ3n) is 3.23. The molecule has 92 valence electrons. The van der Waals surface area contributed by atoms with Gasteiger partial charge in [-0.1, -0.05) is 37.3 Å². The number of piperidine rings is 1. The highest BCUT2D eigenvalue weighted by Gasteiger charge is 2.23. The van der Waals surface area contributed by atoms with Gasteiger partial charge in [-0.05, 0) is 12.3 Å². The number of rotatable bonds is 3. The summed E-state index contributed by atoms with van der Waals surface area (Å²) in [5.41, 5.74) is 6.77. The van der Waals surface area contributed by atoms with E-state index in [0.717, 1.165) is 25.1 Å². The third-order valence-corrected chi connectivity index (χ3v) is 3.23.